The normalized spacial score (nSPS) is 10.3. The van der Waals surface area contributed by atoms with E-state index < -0.39 is 5.97 Å². The number of aryl methyl sites for hydroxylation is 2. The molecule has 0 unspecified atom stereocenters. The van der Waals surface area contributed by atoms with Gasteiger partial charge in [-0.1, -0.05) is 35.5 Å². The summed E-state index contributed by atoms with van der Waals surface area (Å²) in [4.78, 5) is 13.1. The summed E-state index contributed by atoms with van der Waals surface area (Å²) in [6.07, 6.45) is 0. The van der Waals surface area contributed by atoms with Crippen molar-refractivity contribution >= 4 is 17.7 Å². The molecule has 0 atom stereocenters. The highest BCUT2D eigenvalue weighted by atomic mass is 32.2. The first-order valence-corrected chi connectivity index (χ1v) is 6.46. The van der Waals surface area contributed by atoms with Crippen LogP contribution in [0.25, 0.3) is 0 Å². The molecular formula is C15H14O2S. The Bertz CT molecular complexity index is 574. The number of hydrogen-bond donors (Lipinski definition) is 1. The Morgan fingerprint density at radius 1 is 1.06 bits per heavy atom. The molecule has 0 bridgehead atoms. The Labute approximate surface area is 111 Å². The highest BCUT2D eigenvalue weighted by Crippen LogP contribution is 2.31. The van der Waals surface area contributed by atoms with Gasteiger partial charge in [0.2, 0.25) is 0 Å². The minimum Gasteiger partial charge on any atom is -0.478 e. The van der Waals surface area contributed by atoms with E-state index in [2.05, 4.69) is 12.1 Å². The molecule has 0 aromatic heterocycles. The number of benzene rings is 2. The van der Waals surface area contributed by atoms with Crippen molar-refractivity contribution in [2.45, 2.75) is 23.6 Å². The van der Waals surface area contributed by atoms with Gasteiger partial charge in [-0.25, -0.2) is 4.79 Å². The molecule has 92 valence electrons. The quantitative estimate of drug-likeness (QED) is 0.898. The smallest absolute Gasteiger partial charge is 0.335 e. The van der Waals surface area contributed by atoms with Gasteiger partial charge in [-0.05, 0) is 43.7 Å². The zero-order valence-corrected chi connectivity index (χ0v) is 11.1. The molecule has 2 aromatic rings. The summed E-state index contributed by atoms with van der Waals surface area (Å²) in [5, 5.41) is 8.99. The zero-order valence-electron chi connectivity index (χ0n) is 10.3. The van der Waals surface area contributed by atoms with Gasteiger partial charge in [0.1, 0.15) is 0 Å². The van der Waals surface area contributed by atoms with Crippen molar-refractivity contribution in [3.63, 3.8) is 0 Å². The molecule has 0 heterocycles. The number of hydrogen-bond acceptors (Lipinski definition) is 2. The zero-order chi connectivity index (χ0) is 13.1. The van der Waals surface area contributed by atoms with Crippen molar-refractivity contribution in [3.05, 3.63) is 59.2 Å². The highest BCUT2D eigenvalue weighted by molar-refractivity contribution is 7.99. The van der Waals surface area contributed by atoms with Crippen LogP contribution in [0.1, 0.15) is 21.5 Å². The molecule has 2 aromatic carbocycles. The number of rotatable bonds is 3. The lowest BCUT2D eigenvalue weighted by molar-refractivity contribution is 0.0696. The van der Waals surface area contributed by atoms with Crippen LogP contribution in [0.4, 0.5) is 0 Å². The minimum atomic E-state index is -0.888. The molecule has 0 fully saturated rings. The average Bonchev–Trinajstić information content (AvgIpc) is 2.34. The molecule has 0 saturated heterocycles. The van der Waals surface area contributed by atoms with Crippen LogP contribution in [0.3, 0.4) is 0 Å². The van der Waals surface area contributed by atoms with E-state index in [0.717, 1.165) is 15.4 Å². The van der Waals surface area contributed by atoms with Crippen LogP contribution in [-0.2, 0) is 0 Å². The Morgan fingerprint density at radius 3 is 2.33 bits per heavy atom. The van der Waals surface area contributed by atoms with Crippen molar-refractivity contribution in [2.24, 2.45) is 0 Å². The van der Waals surface area contributed by atoms with Gasteiger partial charge < -0.3 is 5.11 Å². The Morgan fingerprint density at radius 2 is 1.72 bits per heavy atom. The topological polar surface area (TPSA) is 37.3 Å². The first-order chi connectivity index (χ1) is 8.56. The largest absolute Gasteiger partial charge is 0.478 e. The monoisotopic (exact) mass is 258 g/mol. The summed E-state index contributed by atoms with van der Waals surface area (Å²) in [5.41, 5.74) is 2.64. The summed E-state index contributed by atoms with van der Waals surface area (Å²) in [7, 11) is 0. The van der Waals surface area contributed by atoms with Gasteiger partial charge in [0.05, 0.1) is 5.56 Å². The summed E-state index contributed by atoms with van der Waals surface area (Å²) in [5.74, 6) is -0.888. The number of carboxylic acids is 1. The molecule has 0 aliphatic rings. The van der Waals surface area contributed by atoms with Crippen LogP contribution in [0.15, 0.2) is 52.3 Å². The molecule has 0 amide bonds. The van der Waals surface area contributed by atoms with Crippen LogP contribution in [-0.4, -0.2) is 11.1 Å². The summed E-state index contributed by atoms with van der Waals surface area (Å²) < 4.78 is 0. The maximum Gasteiger partial charge on any atom is 0.335 e. The Kier molecular flexibility index (Phi) is 3.72. The molecule has 2 nitrogen and oxygen atoms in total. The van der Waals surface area contributed by atoms with Gasteiger partial charge in [-0.15, -0.1) is 0 Å². The SMILES string of the molecule is Cc1ccc(Sc2cc(C(=O)O)ccc2C)cc1. The fraction of sp³-hybridized carbons (Fsp3) is 0.133. The Hall–Kier alpha value is -1.74. The predicted molar refractivity (Wildman–Crippen MR) is 73.4 cm³/mol. The molecule has 1 N–H and O–H groups in total. The lowest BCUT2D eigenvalue weighted by atomic mass is 10.1. The molecular weight excluding hydrogens is 244 g/mol. The standard InChI is InChI=1S/C15H14O2S/c1-10-3-7-13(8-4-10)18-14-9-12(15(16)17)6-5-11(14)2/h3-9H,1-2H3,(H,16,17). The van der Waals surface area contributed by atoms with Crippen molar-refractivity contribution in [1.29, 1.82) is 0 Å². The van der Waals surface area contributed by atoms with Gasteiger partial charge >= 0.3 is 5.97 Å². The predicted octanol–water partition coefficient (Wildman–Crippen LogP) is 4.15. The van der Waals surface area contributed by atoms with E-state index in [1.54, 1.807) is 23.9 Å². The summed E-state index contributed by atoms with van der Waals surface area (Å²) >= 11 is 1.59. The van der Waals surface area contributed by atoms with Crippen LogP contribution in [0.5, 0.6) is 0 Å². The molecule has 0 spiro atoms. The molecule has 0 aliphatic heterocycles. The third kappa shape index (κ3) is 2.93. The van der Waals surface area contributed by atoms with Crippen molar-refractivity contribution in [1.82, 2.24) is 0 Å². The molecule has 0 aliphatic carbocycles. The highest BCUT2D eigenvalue weighted by Gasteiger charge is 2.07. The molecule has 18 heavy (non-hydrogen) atoms. The first kappa shape index (κ1) is 12.7. The Balaban J connectivity index is 2.30. The maximum absolute atomic E-state index is 11.0. The second kappa shape index (κ2) is 5.27. The van der Waals surface area contributed by atoms with Crippen molar-refractivity contribution in [3.8, 4) is 0 Å². The molecule has 3 heteroatoms. The lowest BCUT2D eigenvalue weighted by Gasteiger charge is -2.07. The number of carbonyl (C=O) groups is 1. The molecule has 0 saturated carbocycles. The molecule has 0 radical (unpaired) electrons. The second-order valence-electron chi connectivity index (χ2n) is 4.20. The van der Waals surface area contributed by atoms with E-state index in [-0.39, 0.29) is 0 Å². The maximum atomic E-state index is 11.0. The van der Waals surface area contributed by atoms with Crippen molar-refractivity contribution < 1.29 is 9.90 Å². The third-order valence-electron chi connectivity index (χ3n) is 2.68. The van der Waals surface area contributed by atoms with Gasteiger partial charge in [0, 0.05) is 9.79 Å². The van der Waals surface area contributed by atoms with Crippen LogP contribution < -0.4 is 0 Å². The second-order valence-corrected chi connectivity index (χ2v) is 5.32. The van der Waals surface area contributed by atoms with Crippen LogP contribution in [0, 0.1) is 13.8 Å². The van der Waals surface area contributed by atoms with E-state index >= 15 is 0 Å². The van der Waals surface area contributed by atoms with Crippen LogP contribution >= 0.6 is 11.8 Å². The first-order valence-electron chi connectivity index (χ1n) is 5.65. The summed E-state index contributed by atoms with van der Waals surface area (Å²) in [6, 6.07) is 13.4. The van der Waals surface area contributed by atoms with Gasteiger partial charge in [0.15, 0.2) is 0 Å². The van der Waals surface area contributed by atoms with Crippen LogP contribution in [0.2, 0.25) is 0 Å². The van der Waals surface area contributed by atoms with E-state index in [1.165, 1.54) is 5.56 Å². The summed E-state index contributed by atoms with van der Waals surface area (Å²) in [6.45, 7) is 4.03. The van der Waals surface area contributed by atoms with Gasteiger partial charge in [-0.2, -0.15) is 0 Å². The van der Waals surface area contributed by atoms with Gasteiger partial charge in [0.25, 0.3) is 0 Å². The average molecular weight is 258 g/mol. The van der Waals surface area contributed by atoms with E-state index in [4.69, 9.17) is 5.11 Å². The van der Waals surface area contributed by atoms with Crippen molar-refractivity contribution in [2.75, 3.05) is 0 Å². The fourth-order valence-electron chi connectivity index (χ4n) is 1.58. The third-order valence-corrected chi connectivity index (χ3v) is 3.85. The van der Waals surface area contributed by atoms with E-state index in [0.29, 0.717) is 5.56 Å². The molecule has 2 rings (SSSR count). The fourth-order valence-corrected chi connectivity index (χ4v) is 2.52. The lowest BCUT2D eigenvalue weighted by Crippen LogP contribution is -1.96. The van der Waals surface area contributed by atoms with Gasteiger partial charge in [-0.3, -0.25) is 0 Å². The minimum absolute atomic E-state index is 0.329. The van der Waals surface area contributed by atoms with E-state index in [9.17, 15) is 4.79 Å². The number of carboxylic acid groups (broad SMARTS) is 1. The number of aromatic carboxylic acids is 1. The van der Waals surface area contributed by atoms with E-state index in [1.807, 2.05) is 32.0 Å².